The standard InChI is InChI=1S/C32H30N2O4/c1-21-8-10-28(22(2)16-21)32(25-6-4-3-5-7-25)33-31(36)18-23-9-11-30-26(17-23)19-27(38-30)20-29(35)24-12-14-34(37)15-13-24/h3-17,19,29,32,35H,18,20H2,1-2H3,(H,33,36)/t29-,32?/m1/s1. The number of pyridine rings is 1. The molecule has 6 nitrogen and oxygen atoms in total. The molecule has 1 unspecified atom stereocenters. The van der Waals surface area contributed by atoms with Crippen molar-refractivity contribution in [2.45, 2.75) is 38.8 Å². The molecule has 0 radical (unpaired) electrons. The molecule has 0 aliphatic rings. The number of carbonyl (C=O) groups excluding carboxylic acids is 1. The van der Waals surface area contributed by atoms with E-state index in [0.29, 0.717) is 21.6 Å². The molecule has 0 aliphatic heterocycles. The molecule has 3 aromatic carbocycles. The first-order valence-electron chi connectivity index (χ1n) is 12.7. The van der Waals surface area contributed by atoms with Gasteiger partial charge in [-0.25, -0.2) is 0 Å². The van der Waals surface area contributed by atoms with Gasteiger partial charge in [0.05, 0.1) is 18.6 Å². The van der Waals surface area contributed by atoms with E-state index in [1.54, 1.807) is 12.1 Å². The third-order valence-corrected chi connectivity index (χ3v) is 6.78. The Morgan fingerprint density at radius 2 is 1.71 bits per heavy atom. The van der Waals surface area contributed by atoms with Crippen LogP contribution >= 0.6 is 0 Å². The molecule has 1 amide bonds. The maximum absolute atomic E-state index is 13.2. The molecule has 2 heterocycles. The molecule has 38 heavy (non-hydrogen) atoms. The van der Waals surface area contributed by atoms with Gasteiger partial charge in [-0.1, -0.05) is 60.2 Å². The van der Waals surface area contributed by atoms with Crippen LogP contribution < -0.4 is 10.0 Å². The van der Waals surface area contributed by atoms with Gasteiger partial charge in [-0.05, 0) is 59.9 Å². The van der Waals surface area contributed by atoms with Crippen LogP contribution in [-0.2, 0) is 17.6 Å². The number of hydrogen-bond donors (Lipinski definition) is 2. The number of carbonyl (C=O) groups is 1. The van der Waals surface area contributed by atoms with Crippen molar-refractivity contribution in [3.63, 3.8) is 0 Å². The number of nitrogens with zero attached hydrogens (tertiary/aromatic N) is 1. The van der Waals surface area contributed by atoms with E-state index in [-0.39, 0.29) is 24.8 Å². The number of aliphatic hydroxyl groups excluding tert-OH is 1. The Morgan fingerprint density at radius 1 is 0.947 bits per heavy atom. The average molecular weight is 507 g/mol. The number of furan rings is 1. The summed E-state index contributed by atoms with van der Waals surface area (Å²) in [5, 5.41) is 25.9. The summed E-state index contributed by atoms with van der Waals surface area (Å²) in [4.78, 5) is 13.2. The quantitative estimate of drug-likeness (QED) is 0.218. The molecule has 2 N–H and O–H groups in total. The fourth-order valence-corrected chi connectivity index (χ4v) is 4.85. The lowest BCUT2D eigenvalue weighted by Gasteiger charge is -2.22. The lowest BCUT2D eigenvalue weighted by molar-refractivity contribution is -0.605. The Kier molecular flexibility index (Phi) is 7.24. The van der Waals surface area contributed by atoms with E-state index in [0.717, 1.165) is 27.6 Å². The maximum atomic E-state index is 13.2. The van der Waals surface area contributed by atoms with Crippen LogP contribution in [0.3, 0.4) is 0 Å². The summed E-state index contributed by atoms with van der Waals surface area (Å²) in [5.74, 6) is 0.559. The molecule has 0 fully saturated rings. The molecule has 192 valence electrons. The second kappa shape index (κ2) is 10.9. The average Bonchev–Trinajstić information content (AvgIpc) is 3.30. The van der Waals surface area contributed by atoms with Crippen molar-refractivity contribution in [2.75, 3.05) is 0 Å². The normalized spacial score (nSPS) is 12.8. The topological polar surface area (TPSA) is 89.4 Å². The van der Waals surface area contributed by atoms with Gasteiger partial charge in [0.25, 0.3) is 0 Å². The van der Waals surface area contributed by atoms with Crippen molar-refractivity contribution in [1.82, 2.24) is 5.32 Å². The fraction of sp³-hybridized carbons (Fsp3) is 0.188. The van der Waals surface area contributed by atoms with E-state index in [9.17, 15) is 15.1 Å². The highest BCUT2D eigenvalue weighted by Gasteiger charge is 2.19. The van der Waals surface area contributed by atoms with E-state index < -0.39 is 6.10 Å². The summed E-state index contributed by atoms with van der Waals surface area (Å²) >= 11 is 0. The minimum atomic E-state index is -0.790. The van der Waals surface area contributed by atoms with Crippen molar-refractivity contribution in [2.24, 2.45) is 0 Å². The first kappa shape index (κ1) is 25.2. The van der Waals surface area contributed by atoms with Crippen LogP contribution in [0.25, 0.3) is 11.0 Å². The zero-order valence-electron chi connectivity index (χ0n) is 21.4. The number of aromatic nitrogens is 1. The zero-order chi connectivity index (χ0) is 26.6. The van der Waals surface area contributed by atoms with Crippen LogP contribution in [-0.4, -0.2) is 11.0 Å². The van der Waals surface area contributed by atoms with Crippen LogP contribution in [0, 0.1) is 19.1 Å². The summed E-state index contributed by atoms with van der Waals surface area (Å²) in [7, 11) is 0. The van der Waals surface area contributed by atoms with Crippen LogP contribution in [0.4, 0.5) is 0 Å². The smallest absolute Gasteiger partial charge is 0.225 e. The first-order valence-corrected chi connectivity index (χ1v) is 12.7. The number of nitrogens with one attached hydrogen (secondary N) is 1. The predicted octanol–water partition coefficient (Wildman–Crippen LogP) is 5.41. The van der Waals surface area contributed by atoms with E-state index in [1.807, 2.05) is 54.6 Å². The molecule has 0 aliphatic carbocycles. The van der Waals surface area contributed by atoms with Crippen molar-refractivity contribution >= 4 is 16.9 Å². The van der Waals surface area contributed by atoms with Gasteiger partial charge < -0.3 is 20.0 Å². The molecule has 0 bridgehead atoms. The Balaban J connectivity index is 1.31. The van der Waals surface area contributed by atoms with Gasteiger partial charge in [0, 0.05) is 23.9 Å². The Morgan fingerprint density at radius 3 is 2.45 bits per heavy atom. The molecular weight excluding hydrogens is 476 g/mol. The second-order valence-corrected chi connectivity index (χ2v) is 9.74. The van der Waals surface area contributed by atoms with Crippen LogP contribution in [0.15, 0.2) is 102 Å². The molecule has 0 spiro atoms. The minimum absolute atomic E-state index is 0.0722. The molecule has 6 heteroatoms. The molecule has 0 saturated carbocycles. The zero-order valence-corrected chi connectivity index (χ0v) is 21.4. The molecule has 2 atom stereocenters. The fourth-order valence-electron chi connectivity index (χ4n) is 4.85. The number of aryl methyl sites for hydroxylation is 2. The number of rotatable bonds is 8. The number of aliphatic hydroxyl groups is 1. The molecular formula is C32H30N2O4. The van der Waals surface area contributed by atoms with Gasteiger partial charge >= 0.3 is 0 Å². The lowest BCUT2D eigenvalue weighted by atomic mass is 9.93. The number of benzene rings is 3. The predicted molar refractivity (Wildman–Crippen MR) is 146 cm³/mol. The van der Waals surface area contributed by atoms with E-state index >= 15 is 0 Å². The van der Waals surface area contributed by atoms with Crippen molar-refractivity contribution in [1.29, 1.82) is 0 Å². The van der Waals surface area contributed by atoms with Gasteiger partial charge in [0.15, 0.2) is 12.4 Å². The van der Waals surface area contributed by atoms with Crippen LogP contribution in [0.1, 0.15) is 51.3 Å². The SMILES string of the molecule is Cc1ccc(C(NC(=O)Cc2ccc3oc(C[C@@H](O)c4cc[n+]([O-])cc4)cc3c2)c2ccccc2)c(C)c1. The molecule has 5 aromatic rings. The third kappa shape index (κ3) is 5.76. The van der Waals surface area contributed by atoms with Gasteiger partial charge in [0.1, 0.15) is 11.3 Å². The molecule has 0 saturated heterocycles. The molecule has 5 rings (SSSR count). The first-order chi connectivity index (χ1) is 18.4. The number of fused-ring (bicyclic) bond motifs is 1. The Labute approximate surface area is 221 Å². The molecule has 2 aromatic heterocycles. The second-order valence-electron chi connectivity index (χ2n) is 9.74. The monoisotopic (exact) mass is 506 g/mol. The van der Waals surface area contributed by atoms with E-state index in [1.165, 1.54) is 18.0 Å². The summed E-state index contributed by atoms with van der Waals surface area (Å²) in [6.07, 6.45) is 2.44. The summed E-state index contributed by atoms with van der Waals surface area (Å²) in [5.41, 5.74) is 6.64. The van der Waals surface area contributed by atoms with E-state index in [2.05, 4.69) is 37.4 Å². The van der Waals surface area contributed by atoms with Gasteiger partial charge in [0.2, 0.25) is 5.91 Å². The Bertz CT molecular complexity index is 1560. The van der Waals surface area contributed by atoms with Crippen molar-refractivity contribution < 1.29 is 19.0 Å². The van der Waals surface area contributed by atoms with Crippen LogP contribution in [0.2, 0.25) is 0 Å². The largest absolute Gasteiger partial charge is 0.619 e. The van der Waals surface area contributed by atoms with Crippen molar-refractivity contribution in [3.05, 3.63) is 142 Å². The highest BCUT2D eigenvalue weighted by atomic mass is 16.5. The van der Waals surface area contributed by atoms with Gasteiger partial charge in [-0.2, -0.15) is 4.73 Å². The third-order valence-electron chi connectivity index (χ3n) is 6.78. The maximum Gasteiger partial charge on any atom is 0.225 e. The number of hydrogen-bond acceptors (Lipinski definition) is 4. The highest BCUT2D eigenvalue weighted by molar-refractivity contribution is 5.83. The van der Waals surface area contributed by atoms with Gasteiger partial charge in [-0.15, -0.1) is 0 Å². The van der Waals surface area contributed by atoms with E-state index in [4.69, 9.17) is 4.42 Å². The summed E-state index contributed by atoms with van der Waals surface area (Å²) < 4.78 is 6.60. The van der Waals surface area contributed by atoms with Crippen LogP contribution in [0.5, 0.6) is 0 Å². The number of amides is 1. The van der Waals surface area contributed by atoms with Crippen molar-refractivity contribution in [3.8, 4) is 0 Å². The van der Waals surface area contributed by atoms with Gasteiger partial charge in [-0.3, -0.25) is 4.79 Å². The lowest BCUT2D eigenvalue weighted by Crippen LogP contribution is -2.31. The Hall–Kier alpha value is -4.42. The highest BCUT2D eigenvalue weighted by Crippen LogP contribution is 2.27. The minimum Gasteiger partial charge on any atom is -0.619 e. The summed E-state index contributed by atoms with van der Waals surface area (Å²) in [6, 6.07) is 26.8. The summed E-state index contributed by atoms with van der Waals surface area (Å²) in [6.45, 7) is 4.14.